The molecule has 7 nitrogen and oxygen atoms in total. The molecule has 3 aromatic heterocycles. The predicted molar refractivity (Wildman–Crippen MR) is 113 cm³/mol. The van der Waals surface area contributed by atoms with Gasteiger partial charge in [0, 0.05) is 36.7 Å². The van der Waals surface area contributed by atoms with Gasteiger partial charge in [0.1, 0.15) is 5.82 Å². The Kier molecular flexibility index (Phi) is 4.35. The number of pyridine rings is 3. The molecular weight excluding hydrogens is 364 g/mol. The van der Waals surface area contributed by atoms with Crippen LogP contribution in [0.3, 0.4) is 0 Å². The third-order valence-corrected chi connectivity index (χ3v) is 5.51. The fourth-order valence-electron chi connectivity index (χ4n) is 4.07. The fraction of sp³-hybridized carbons (Fsp3) is 0.273. The average Bonchev–Trinajstić information content (AvgIpc) is 2.75. The number of amides is 2. The number of nitrogens with one attached hydrogen (secondary N) is 1. The van der Waals surface area contributed by atoms with Crippen LogP contribution in [0.1, 0.15) is 18.5 Å². The second-order valence-corrected chi connectivity index (χ2v) is 7.48. The highest BCUT2D eigenvalue weighted by Crippen LogP contribution is 2.39. The Bertz CT molecular complexity index is 1040. The minimum atomic E-state index is -0.191. The molecule has 0 aromatic carbocycles. The standard InChI is InChI=1S/C22H22N6O/c1-15-7-8-16(13-24-15)18-9-10-19-21(25-18)28(17-5-4-12-27(19)14-17)22(29)26-20-6-2-3-11-23-20/h2-3,6-11,13,17H,4-5,12,14H2,1H3,(H,23,26,29)/t17-/m0/s1. The first-order chi connectivity index (χ1) is 14.2. The van der Waals surface area contributed by atoms with Gasteiger partial charge in [-0.05, 0) is 56.2 Å². The lowest BCUT2D eigenvalue weighted by Crippen LogP contribution is -2.56. The Hall–Kier alpha value is -3.48. The van der Waals surface area contributed by atoms with Gasteiger partial charge in [-0.3, -0.25) is 15.2 Å². The molecule has 2 amide bonds. The van der Waals surface area contributed by atoms with Crippen molar-refractivity contribution in [1.82, 2.24) is 15.0 Å². The van der Waals surface area contributed by atoms with Gasteiger partial charge in [0.2, 0.25) is 0 Å². The largest absolute Gasteiger partial charge is 0.366 e. The molecule has 2 aliphatic heterocycles. The number of hydrogen-bond donors (Lipinski definition) is 1. The highest BCUT2D eigenvalue weighted by molar-refractivity contribution is 6.04. The lowest BCUT2D eigenvalue weighted by molar-refractivity contribution is 0.252. The second kappa shape index (κ2) is 7.16. The number of aryl methyl sites for hydroxylation is 1. The van der Waals surface area contributed by atoms with Gasteiger partial charge < -0.3 is 4.90 Å². The van der Waals surface area contributed by atoms with E-state index in [1.165, 1.54) is 0 Å². The van der Waals surface area contributed by atoms with Crippen LogP contribution in [0.4, 0.5) is 22.1 Å². The normalized spacial score (nSPS) is 17.6. The lowest BCUT2D eigenvalue weighted by atomic mass is 9.99. The molecular formula is C22H22N6O. The minimum Gasteiger partial charge on any atom is -0.366 e. The van der Waals surface area contributed by atoms with Crippen LogP contribution >= 0.6 is 0 Å². The molecule has 1 saturated heterocycles. The lowest BCUT2D eigenvalue weighted by Gasteiger charge is -2.45. The smallest absolute Gasteiger partial charge is 0.329 e. The molecule has 5 heterocycles. The summed E-state index contributed by atoms with van der Waals surface area (Å²) in [5.41, 5.74) is 3.71. The Morgan fingerprint density at radius 2 is 2.07 bits per heavy atom. The molecule has 0 saturated carbocycles. The van der Waals surface area contributed by atoms with E-state index in [4.69, 9.17) is 4.98 Å². The number of carbonyl (C=O) groups excluding carboxylic acids is 1. The van der Waals surface area contributed by atoms with E-state index in [2.05, 4.69) is 26.3 Å². The summed E-state index contributed by atoms with van der Waals surface area (Å²) < 4.78 is 0. The minimum absolute atomic E-state index is 0.0962. The molecule has 1 atom stereocenters. The third-order valence-electron chi connectivity index (χ3n) is 5.51. The molecule has 0 radical (unpaired) electrons. The van der Waals surface area contributed by atoms with Gasteiger partial charge in [-0.15, -0.1) is 0 Å². The fourth-order valence-corrected chi connectivity index (χ4v) is 4.07. The summed E-state index contributed by atoms with van der Waals surface area (Å²) >= 11 is 0. The highest BCUT2D eigenvalue weighted by atomic mass is 16.2. The number of aromatic nitrogens is 3. The van der Waals surface area contributed by atoms with Crippen molar-refractivity contribution in [3.8, 4) is 11.3 Å². The summed E-state index contributed by atoms with van der Waals surface area (Å²) in [5, 5.41) is 2.93. The maximum atomic E-state index is 13.2. The van der Waals surface area contributed by atoms with Crippen LogP contribution in [0.15, 0.2) is 54.9 Å². The van der Waals surface area contributed by atoms with Crippen LogP contribution in [-0.2, 0) is 0 Å². The van der Waals surface area contributed by atoms with Crippen molar-refractivity contribution >= 4 is 23.4 Å². The Morgan fingerprint density at radius 3 is 2.86 bits per heavy atom. The molecule has 0 spiro atoms. The molecule has 7 heteroatoms. The van der Waals surface area contributed by atoms with Gasteiger partial charge in [0.15, 0.2) is 5.82 Å². The first-order valence-corrected chi connectivity index (χ1v) is 9.89. The topological polar surface area (TPSA) is 74.2 Å². The van der Waals surface area contributed by atoms with Crippen LogP contribution in [-0.4, -0.2) is 40.1 Å². The molecule has 29 heavy (non-hydrogen) atoms. The van der Waals surface area contributed by atoms with Crippen molar-refractivity contribution in [2.45, 2.75) is 25.8 Å². The SMILES string of the molecule is Cc1ccc(-c2ccc3c(n2)N(C(=O)Nc2ccccn2)[C@H]2CCCN3C2)cn1. The van der Waals surface area contributed by atoms with Gasteiger partial charge >= 0.3 is 6.03 Å². The van der Waals surface area contributed by atoms with Crippen LogP contribution in [0, 0.1) is 6.92 Å². The summed E-state index contributed by atoms with van der Waals surface area (Å²) in [6, 6.07) is 13.4. The molecule has 2 bridgehead atoms. The Labute approximate surface area is 169 Å². The number of fused-ring (bicyclic) bond motifs is 4. The van der Waals surface area contributed by atoms with E-state index >= 15 is 0 Å². The number of urea groups is 1. The molecule has 146 valence electrons. The van der Waals surface area contributed by atoms with Gasteiger partial charge in [0.25, 0.3) is 0 Å². The maximum absolute atomic E-state index is 13.2. The zero-order valence-corrected chi connectivity index (χ0v) is 16.2. The number of hydrogen-bond acceptors (Lipinski definition) is 5. The van der Waals surface area contributed by atoms with E-state index < -0.39 is 0 Å². The first-order valence-electron chi connectivity index (χ1n) is 9.89. The summed E-state index contributed by atoms with van der Waals surface area (Å²) in [7, 11) is 0. The van der Waals surface area contributed by atoms with Gasteiger partial charge in [-0.25, -0.2) is 14.8 Å². The molecule has 5 rings (SSSR count). The van der Waals surface area contributed by atoms with Crippen molar-refractivity contribution in [3.05, 3.63) is 60.6 Å². The zero-order chi connectivity index (χ0) is 19.8. The summed E-state index contributed by atoms with van der Waals surface area (Å²) in [4.78, 5) is 30.9. The van der Waals surface area contributed by atoms with E-state index in [0.717, 1.165) is 48.6 Å². The molecule has 2 aliphatic rings. The first kappa shape index (κ1) is 17.6. The summed E-state index contributed by atoms with van der Waals surface area (Å²) in [6.45, 7) is 3.78. The maximum Gasteiger partial charge on any atom is 0.329 e. The average molecular weight is 386 g/mol. The Balaban J connectivity index is 1.55. The van der Waals surface area contributed by atoms with E-state index in [1.54, 1.807) is 12.3 Å². The number of anilines is 3. The van der Waals surface area contributed by atoms with Crippen molar-refractivity contribution in [1.29, 1.82) is 0 Å². The van der Waals surface area contributed by atoms with Crippen LogP contribution < -0.4 is 15.1 Å². The molecule has 1 fully saturated rings. The van der Waals surface area contributed by atoms with Gasteiger partial charge in [0.05, 0.1) is 17.4 Å². The van der Waals surface area contributed by atoms with E-state index in [1.807, 2.05) is 48.4 Å². The monoisotopic (exact) mass is 386 g/mol. The zero-order valence-electron chi connectivity index (χ0n) is 16.2. The number of carbonyl (C=O) groups is 1. The molecule has 1 N–H and O–H groups in total. The number of rotatable bonds is 2. The van der Waals surface area contributed by atoms with Crippen LogP contribution in [0.5, 0.6) is 0 Å². The van der Waals surface area contributed by atoms with Crippen LogP contribution in [0.25, 0.3) is 11.3 Å². The van der Waals surface area contributed by atoms with Crippen molar-refractivity contribution < 1.29 is 4.79 Å². The summed E-state index contributed by atoms with van der Waals surface area (Å²) in [5.74, 6) is 1.24. The van der Waals surface area contributed by atoms with Crippen molar-refractivity contribution in [2.75, 3.05) is 28.2 Å². The quantitative estimate of drug-likeness (QED) is 0.724. The molecule has 0 aliphatic carbocycles. The van der Waals surface area contributed by atoms with Crippen LogP contribution in [0.2, 0.25) is 0 Å². The van der Waals surface area contributed by atoms with Gasteiger partial charge in [-0.2, -0.15) is 0 Å². The second-order valence-electron chi connectivity index (χ2n) is 7.48. The van der Waals surface area contributed by atoms with Gasteiger partial charge in [-0.1, -0.05) is 6.07 Å². The molecule has 0 unspecified atom stereocenters. The predicted octanol–water partition coefficient (Wildman–Crippen LogP) is 3.87. The van der Waals surface area contributed by atoms with E-state index in [-0.39, 0.29) is 12.1 Å². The summed E-state index contributed by atoms with van der Waals surface area (Å²) in [6.07, 6.45) is 5.51. The van der Waals surface area contributed by atoms with E-state index in [9.17, 15) is 4.79 Å². The van der Waals surface area contributed by atoms with Crippen molar-refractivity contribution in [2.24, 2.45) is 0 Å². The highest BCUT2D eigenvalue weighted by Gasteiger charge is 2.38. The number of piperidine rings is 1. The Morgan fingerprint density at radius 1 is 1.14 bits per heavy atom. The number of nitrogens with zero attached hydrogens (tertiary/aromatic N) is 5. The molecule has 3 aromatic rings. The van der Waals surface area contributed by atoms with Crippen molar-refractivity contribution in [3.63, 3.8) is 0 Å². The third kappa shape index (κ3) is 3.29. The van der Waals surface area contributed by atoms with E-state index in [0.29, 0.717) is 11.6 Å².